The molecule has 0 aliphatic heterocycles. The standard InChI is InChI=1S/C10H21NO3/c1-4-5-11(8(2)3)7-9(12)6-10(13)14/h8-9,12H,4-7H2,1-3H3,(H,13,14). The summed E-state index contributed by atoms with van der Waals surface area (Å²) in [6, 6.07) is 0.346. The highest BCUT2D eigenvalue weighted by atomic mass is 16.4. The van der Waals surface area contributed by atoms with Gasteiger partial charge in [0.2, 0.25) is 0 Å². The van der Waals surface area contributed by atoms with Gasteiger partial charge in [0.05, 0.1) is 12.5 Å². The van der Waals surface area contributed by atoms with E-state index >= 15 is 0 Å². The molecule has 84 valence electrons. The van der Waals surface area contributed by atoms with Crippen molar-refractivity contribution in [3.05, 3.63) is 0 Å². The lowest BCUT2D eigenvalue weighted by Crippen LogP contribution is -2.38. The van der Waals surface area contributed by atoms with Gasteiger partial charge in [-0.2, -0.15) is 0 Å². The average molecular weight is 203 g/mol. The van der Waals surface area contributed by atoms with Gasteiger partial charge in [0.15, 0.2) is 0 Å². The van der Waals surface area contributed by atoms with Crippen LogP contribution >= 0.6 is 0 Å². The van der Waals surface area contributed by atoms with E-state index in [4.69, 9.17) is 5.11 Å². The van der Waals surface area contributed by atoms with Crippen LogP contribution in [-0.2, 0) is 4.79 Å². The molecule has 0 radical (unpaired) electrons. The highest BCUT2D eigenvalue weighted by Crippen LogP contribution is 2.03. The molecule has 0 fully saturated rings. The molecule has 0 aromatic carbocycles. The molecule has 0 rings (SSSR count). The summed E-state index contributed by atoms with van der Waals surface area (Å²) in [7, 11) is 0. The summed E-state index contributed by atoms with van der Waals surface area (Å²) in [5.41, 5.74) is 0. The van der Waals surface area contributed by atoms with E-state index in [1.165, 1.54) is 0 Å². The van der Waals surface area contributed by atoms with Crippen LogP contribution in [0.1, 0.15) is 33.6 Å². The molecule has 0 amide bonds. The third-order valence-electron chi connectivity index (χ3n) is 2.10. The Morgan fingerprint density at radius 3 is 2.36 bits per heavy atom. The Kier molecular flexibility index (Phi) is 6.49. The molecule has 0 bridgehead atoms. The first-order valence-corrected chi connectivity index (χ1v) is 5.11. The number of hydrogen-bond acceptors (Lipinski definition) is 3. The van der Waals surface area contributed by atoms with Gasteiger partial charge in [0.1, 0.15) is 0 Å². The maximum absolute atomic E-state index is 10.3. The van der Waals surface area contributed by atoms with Crippen LogP contribution in [0.4, 0.5) is 0 Å². The predicted molar refractivity (Wildman–Crippen MR) is 55.3 cm³/mol. The molecule has 0 aromatic heterocycles. The van der Waals surface area contributed by atoms with E-state index < -0.39 is 12.1 Å². The van der Waals surface area contributed by atoms with Crippen LogP contribution in [0, 0.1) is 0 Å². The summed E-state index contributed by atoms with van der Waals surface area (Å²) in [5.74, 6) is -0.947. The van der Waals surface area contributed by atoms with Crippen molar-refractivity contribution in [2.24, 2.45) is 0 Å². The van der Waals surface area contributed by atoms with Gasteiger partial charge in [-0.05, 0) is 26.8 Å². The summed E-state index contributed by atoms with van der Waals surface area (Å²) >= 11 is 0. The Labute approximate surface area is 85.5 Å². The Hall–Kier alpha value is -0.610. The van der Waals surface area contributed by atoms with Crippen molar-refractivity contribution in [2.45, 2.75) is 45.8 Å². The van der Waals surface area contributed by atoms with Crippen LogP contribution in [0.3, 0.4) is 0 Å². The summed E-state index contributed by atoms with van der Waals surface area (Å²) < 4.78 is 0. The first kappa shape index (κ1) is 13.4. The van der Waals surface area contributed by atoms with E-state index in [0.29, 0.717) is 12.6 Å². The second-order valence-corrected chi connectivity index (χ2v) is 3.84. The quantitative estimate of drug-likeness (QED) is 0.646. The van der Waals surface area contributed by atoms with Crippen molar-refractivity contribution in [1.29, 1.82) is 0 Å². The number of nitrogens with zero attached hydrogens (tertiary/aromatic N) is 1. The van der Waals surface area contributed by atoms with E-state index in [9.17, 15) is 9.90 Å². The normalized spacial score (nSPS) is 13.6. The van der Waals surface area contributed by atoms with Crippen LogP contribution < -0.4 is 0 Å². The van der Waals surface area contributed by atoms with Crippen molar-refractivity contribution in [1.82, 2.24) is 4.90 Å². The maximum atomic E-state index is 10.3. The number of rotatable bonds is 7. The summed E-state index contributed by atoms with van der Waals surface area (Å²) in [5, 5.41) is 17.9. The van der Waals surface area contributed by atoms with Crippen LogP contribution in [0.25, 0.3) is 0 Å². The average Bonchev–Trinajstić information content (AvgIpc) is 2.01. The van der Waals surface area contributed by atoms with Crippen molar-refractivity contribution < 1.29 is 15.0 Å². The SMILES string of the molecule is CCCN(CC(O)CC(=O)O)C(C)C. The van der Waals surface area contributed by atoms with E-state index in [1.54, 1.807) is 0 Å². The van der Waals surface area contributed by atoms with Crippen LogP contribution in [-0.4, -0.2) is 46.3 Å². The Morgan fingerprint density at radius 2 is 2.00 bits per heavy atom. The lowest BCUT2D eigenvalue weighted by atomic mass is 10.2. The fourth-order valence-corrected chi connectivity index (χ4v) is 1.38. The summed E-state index contributed by atoms with van der Waals surface area (Å²) in [6.07, 6.45) is 0.0757. The molecule has 4 nitrogen and oxygen atoms in total. The van der Waals surface area contributed by atoms with E-state index in [1.807, 2.05) is 13.8 Å². The number of aliphatic carboxylic acids is 1. The maximum Gasteiger partial charge on any atom is 0.306 e. The molecule has 0 aromatic rings. The molecule has 1 atom stereocenters. The van der Waals surface area contributed by atoms with E-state index in [0.717, 1.165) is 13.0 Å². The minimum atomic E-state index is -0.947. The Morgan fingerprint density at radius 1 is 1.43 bits per heavy atom. The van der Waals surface area contributed by atoms with E-state index in [-0.39, 0.29) is 6.42 Å². The first-order valence-electron chi connectivity index (χ1n) is 5.11. The molecule has 0 heterocycles. The fraction of sp³-hybridized carbons (Fsp3) is 0.900. The van der Waals surface area contributed by atoms with Gasteiger partial charge >= 0.3 is 5.97 Å². The minimum absolute atomic E-state index is 0.174. The smallest absolute Gasteiger partial charge is 0.306 e. The van der Waals surface area contributed by atoms with Crippen molar-refractivity contribution >= 4 is 5.97 Å². The van der Waals surface area contributed by atoms with Crippen molar-refractivity contribution in [3.63, 3.8) is 0 Å². The monoisotopic (exact) mass is 203 g/mol. The second kappa shape index (κ2) is 6.79. The van der Waals surface area contributed by atoms with Crippen LogP contribution in [0.5, 0.6) is 0 Å². The minimum Gasteiger partial charge on any atom is -0.481 e. The van der Waals surface area contributed by atoms with Gasteiger partial charge in [-0.15, -0.1) is 0 Å². The zero-order chi connectivity index (χ0) is 11.1. The zero-order valence-corrected chi connectivity index (χ0v) is 9.23. The zero-order valence-electron chi connectivity index (χ0n) is 9.23. The van der Waals surface area contributed by atoms with Gasteiger partial charge < -0.3 is 10.2 Å². The number of carboxylic acids is 1. The second-order valence-electron chi connectivity index (χ2n) is 3.84. The molecule has 0 saturated carbocycles. The Bertz CT molecular complexity index is 171. The highest BCUT2D eigenvalue weighted by molar-refractivity contribution is 5.67. The molecule has 14 heavy (non-hydrogen) atoms. The topological polar surface area (TPSA) is 60.8 Å². The fourth-order valence-electron chi connectivity index (χ4n) is 1.38. The van der Waals surface area contributed by atoms with Crippen LogP contribution in [0.15, 0.2) is 0 Å². The number of aliphatic hydroxyl groups is 1. The molecule has 4 heteroatoms. The van der Waals surface area contributed by atoms with Gasteiger partial charge in [-0.3, -0.25) is 9.69 Å². The van der Waals surface area contributed by atoms with Gasteiger partial charge in [-0.1, -0.05) is 6.92 Å². The lowest BCUT2D eigenvalue weighted by Gasteiger charge is -2.27. The largest absolute Gasteiger partial charge is 0.481 e. The van der Waals surface area contributed by atoms with Crippen molar-refractivity contribution in [2.75, 3.05) is 13.1 Å². The molecule has 1 unspecified atom stereocenters. The van der Waals surface area contributed by atoms with Gasteiger partial charge in [0.25, 0.3) is 0 Å². The third kappa shape index (κ3) is 5.94. The summed E-state index contributed by atoms with van der Waals surface area (Å²) in [6.45, 7) is 7.50. The molecule has 2 N–H and O–H groups in total. The van der Waals surface area contributed by atoms with Crippen molar-refractivity contribution in [3.8, 4) is 0 Å². The van der Waals surface area contributed by atoms with E-state index in [2.05, 4.69) is 11.8 Å². The number of carbonyl (C=O) groups is 1. The molecule has 0 aliphatic carbocycles. The number of carboxylic acid groups (broad SMARTS) is 1. The predicted octanol–water partition coefficient (Wildman–Crippen LogP) is 0.942. The third-order valence-corrected chi connectivity index (χ3v) is 2.10. The molecule has 0 saturated heterocycles. The highest BCUT2D eigenvalue weighted by Gasteiger charge is 2.15. The molecule has 0 spiro atoms. The van der Waals surface area contributed by atoms with Gasteiger partial charge in [-0.25, -0.2) is 0 Å². The molecule has 0 aliphatic rings. The number of hydrogen-bond donors (Lipinski definition) is 2. The van der Waals surface area contributed by atoms with Crippen LogP contribution in [0.2, 0.25) is 0 Å². The molecular formula is C10H21NO3. The molecular weight excluding hydrogens is 182 g/mol. The number of aliphatic hydroxyl groups excluding tert-OH is 1. The summed E-state index contributed by atoms with van der Waals surface area (Å²) in [4.78, 5) is 12.4. The van der Waals surface area contributed by atoms with Gasteiger partial charge in [0, 0.05) is 12.6 Å². The Balaban J connectivity index is 3.95. The first-order chi connectivity index (χ1) is 6.47. The lowest BCUT2D eigenvalue weighted by molar-refractivity contribution is -0.139.